The molecule has 4 aromatic rings. The number of aromatic amines is 1. The van der Waals surface area contributed by atoms with Crippen molar-refractivity contribution < 1.29 is 4.79 Å². The van der Waals surface area contributed by atoms with Crippen LogP contribution in [0.25, 0.3) is 22.3 Å². The maximum atomic E-state index is 12.4. The Labute approximate surface area is 193 Å². The van der Waals surface area contributed by atoms with E-state index in [0.717, 1.165) is 41.5 Å². The van der Waals surface area contributed by atoms with Crippen LogP contribution in [0.15, 0.2) is 42.7 Å². The maximum absolute atomic E-state index is 12.4. The van der Waals surface area contributed by atoms with Gasteiger partial charge in [0.25, 0.3) is 5.91 Å². The number of aromatic nitrogens is 5. The van der Waals surface area contributed by atoms with Crippen molar-refractivity contribution in [3.63, 3.8) is 0 Å². The Morgan fingerprint density at radius 2 is 2.06 bits per heavy atom. The van der Waals surface area contributed by atoms with E-state index in [1.807, 2.05) is 41.3 Å². The van der Waals surface area contributed by atoms with Gasteiger partial charge in [-0.05, 0) is 55.4 Å². The lowest BCUT2D eigenvalue weighted by molar-refractivity contribution is 0.0827. The number of rotatable bonds is 4. The van der Waals surface area contributed by atoms with Crippen LogP contribution >= 0.6 is 0 Å². The van der Waals surface area contributed by atoms with Crippen molar-refractivity contribution in [3.8, 4) is 11.3 Å². The molecule has 33 heavy (non-hydrogen) atoms. The summed E-state index contributed by atoms with van der Waals surface area (Å²) in [6.45, 7) is 6.70. The van der Waals surface area contributed by atoms with Crippen LogP contribution in [-0.2, 0) is 12.8 Å². The third kappa shape index (κ3) is 3.92. The average Bonchev–Trinajstić information content (AvgIpc) is 3.40. The van der Waals surface area contributed by atoms with E-state index >= 15 is 0 Å². The minimum absolute atomic E-state index is 0.00768. The smallest absolute Gasteiger partial charge is 0.253 e. The third-order valence-corrected chi connectivity index (χ3v) is 6.73. The number of benzene rings is 1. The van der Waals surface area contributed by atoms with E-state index in [2.05, 4.69) is 42.0 Å². The normalized spacial score (nSPS) is 15.9. The van der Waals surface area contributed by atoms with Crippen molar-refractivity contribution in [3.05, 3.63) is 65.1 Å². The third-order valence-electron chi connectivity index (χ3n) is 6.73. The predicted octanol–water partition coefficient (Wildman–Crippen LogP) is 4.65. The number of fused-ring (bicyclic) bond motifs is 2. The molecule has 1 N–H and O–H groups in total. The molecule has 5 rings (SSSR count). The van der Waals surface area contributed by atoms with Crippen molar-refractivity contribution in [2.24, 2.45) is 5.41 Å². The van der Waals surface area contributed by atoms with Crippen LogP contribution in [0.4, 0.5) is 0 Å². The molecule has 0 radical (unpaired) electrons. The molecule has 1 atom stereocenters. The van der Waals surface area contributed by atoms with Gasteiger partial charge in [-0.15, -0.1) is 0 Å². The second-order valence-electron chi connectivity index (χ2n) is 10.1. The van der Waals surface area contributed by atoms with Gasteiger partial charge in [-0.1, -0.05) is 26.0 Å². The van der Waals surface area contributed by atoms with Gasteiger partial charge in [0, 0.05) is 54.3 Å². The fourth-order valence-corrected chi connectivity index (χ4v) is 4.69. The predicted molar refractivity (Wildman–Crippen MR) is 129 cm³/mol. The highest BCUT2D eigenvalue weighted by molar-refractivity contribution is 5.94. The molecule has 0 saturated carbocycles. The summed E-state index contributed by atoms with van der Waals surface area (Å²) in [7, 11) is 3.53. The molecule has 1 amide bonds. The summed E-state index contributed by atoms with van der Waals surface area (Å²) >= 11 is 0. The minimum Gasteiger partial charge on any atom is -0.345 e. The summed E-state index contributed by atoms with van der Waals surface area (Å²) in [5.74, 6) is -0.00768. The summed E-state index contributed by atoms with van der Waals surface area (Å²) in [4.78, 5) is 18.6. The summed E-state index contributed by atoms with van der Waals surface area (Å²) in [5.41, 5.74) is 7.31. The second kappa shape index (κ2) is 7.83. The summed E-state index contributed by atoms with van der Waals surface area (Å²) in [6.07, 6.45) is 7.11. The van der Waals surface area contributed by atoms with Gasteiger partial charge in [0.15, 0.2) is 5.65 Å². The molecule has 0 spiro atoms. The van der Waals surface area contributed by atoms with Crippen LogP contribution < -0.4 is 0 Å². The Morgan fingerprint density at radius 3 is 2.85 bits per heavy atom. The summed E-state index contributed by atoms with van der Waals surface area (Å²) in [6, 6.07) is 9.83. The van der Waals surface area contributed by atoms with Gasteiger partial charge < -0.3 is 4.90 Å². The zero-order valence-electron chi connectivity index (χ0n) is 19.9. The summed E-state index contributed by atoms with van der Waals surface area (Å²) < 4.78 is 1.92. The largest absolute Gasteiger partial charge is 0.345 e. The second-order valence-corrected chi connectivity index (χ2v) is 10.1. The Kier molecular flexibility index (Phi) is 5.07. The van der Waals surface area contributed by atoms with Gasteiger partial charge >= 0.3 is 0 Å². The van der Waals surface area contributed by atoms with Gasteiger partial charge in [-0.25, -0.2) is 4.98 Å². The number of carbonyl (C=O) groups excluding carboxylic acids is 1. The van der Waals surface area contributed by atoms with Crippen molar-refractivity contribution in [1.82, 2.24) is 29.9 Å². The SMILES string of the molecule is CC(c1cccc(C(=O)N(C)C)c1)n1cc2cc(-c3n[nH]c4c3CCC(C)(C)C4)cnc2n1. The first-order valence-corrected chi connectivity index (χ1v) is 11.4. The van der Waals surface area contributed by atoms with Gasteiger partial charge in [0.05, 0.1) is 11.7 Å². The number of nitrogens with zero attached hydrogens (tertiary/aromatic N) is 5. The van der Waals surface area contributed by atoms with Gasteiger partial charge in [-0.2, -0.15) is 10.2 Å². The standard InChI is InChI=1S/C26H30N6O/c1-16(17-7-6-8-18(11-17)25(33)31(4)5)32-15-20-12-19(14-27-24(20)30-32)23-21-9-10-26(2,3)13-22(21)28-29-23/h6-8,11-12,14-16H,9-10,13H2,1-5H3,(H,28,29). The lowest BCUT2D eigenvalue weighted by atomic mass is 9.76. The van der Waals surface area contributed by atoms with E-state index in [0.29, 0.717) is 16.6 Å². The fourth-order valence-electron chi connectivity index (χ4n) is 4.69. The highest BCUT2D eigenvalue weighted by atomic mass is 16.2. The monoisotopic (exact) mass is 442 g/mol. The van der Waals surface area contributed by atoms with E-state index in [4.69, 9.17) is 5.10 Å². The maximum Gasteiger partial charge on any atom is 0.253 e. The fraction of sp³-hybridized carbons (Fsp3) is 0.385. The van der Waals surface area contributed by atoms with Crippen molar-refractivity contribution in [1.29, 1.82) is 0 Å². The lowest BCUT2D eigenvalue weighted by Crippen LogP contribution is -2.22. The van der Waals surface area contributed by atoms with E-state index in [1.54, 1.807) is 19.0 Å². The van der Waals surface area contributed by atoms with Crippen LogP contribution in [0, 0.1) is 5.41 Å². The first-order valence-electron chi connectivity index (χ1n) is 11.4. The van der Waals surface area contributed by atoms with Crippen LogP contribution in [0.1, 0.15) is 60.4 Å². The van der Waals surface area contributed by atoms with Crippen LogP contribution in [0.5, 0.6) is 0 Å². The topological polar surface area (TPSA) is 79.7 Å². The van der Waals surface area contributed by atoms with Gasteiger partial charge in [0.2, 0.25) is 0 Å². The van der Waals surface area contributed by atoms with Gasteiger partial charge in [-0.3, -0.25) is 14.6 Å². The number of hydrogen-bond acceptors (Lipinski definition) is 4. The minimum atomic E-state index is -0.0297. The van der Waals surface area contributed by atoms with Crippen molar-refractivity contribution >= 4 is 16.9 Å². The van der Waals surface area contributed by atoms with Crippen LogP contribution in [-0.4, -0.2) is 49.9 Å². The Morgan fingerprint density at radius 1 is 1.24 bits per heavy atom. The highest BCUT2D eigenvalue weighted by Crippen LogP contribution is 2.38. The molecule has 0 aliphatic heterocycles. The average molecular weight is 443 g/mol. The van der Waals surface area contributed by atoms with E-state index < -0.39 is 0 Å². The first-order chi connectivity index (χ1) is 15.7. The molecule has 1 aromatic carbocycles. The molecule has 7 nitrogen and oxygen atoms in total. The lowest BCUT2D eigenvalue weighted by Gasteiger charge is -2.29. The molecule has 1 unspecified atom stereocenters. The first kappa shape index (κ1) is 21.4. The molecule has 0 saturated heterocycles. The number of amides is 1. The highest BCUT2D eigenvalue weighted by Gasteiger charge is 2.29. The van der Waals surface area contributed by atoms with E-state index in [-0.39, 0.29) is 11.9 Å². The molecule has 3 heterocycles. The number of nitrogens with one attached hydrogen (secondary N) is 1. The molecular formula is C26H30N6O. The molecule has 170 valence electrons. The number of H-pyrrole nitrogens is 1. The molecule has 1 aliphatic rings. The van der Waals surface area contributed by atoms with Gasteiger partial charge in [0.1, 0.15) is 0 Å². The molecule has 0 fully saturated rings. The van der Waals surface area contributed by atoms with Crippen molar-refractivity contribution in [2.45, 2.75) is 46.1 Å². The molecular weight excluding hydrogens is 412 g/mol. The van der Waals surface area contributed by atoms with Crippen molar-refractivity contribution in [2.75, 3.05) is 14.1 Å². The van der Waals surface area contributed by atoms with E-state index in [9.17, 15) is 4.79 Å². The van der Waals surface area contributed by atoms with Crippen LogP contribution in [0.3, 0.4) is 0 Å². The quantitative estimate of drug-likeness (QED) is 0.499. The Hall–Kier alpha value is -3.48. The molecule has 3 aromatic heterocycles. The number of pyridine rings is 1. The number of carbonyl (C=O) groups is 1. The van der Waals surface area contributed by atoms with Crippen LogP contribution in [0.2, 0.25) is 0 Å². The molecule has 1 aliphatic carbocycles. The molecule has 0 bridgehead atoms. The van der Waals surface area contributed by atoms with E-state index in [1.165, 1.54) is 11.3 Å². The molecule has 7 heteroatoms. The zero-order chi connectivity index (χ0) is 23.3. The Bertz CT molecular complexity index is 1350. The summed E-state index contributed by atoms with van der Waals surface area (Å²) in [5, 5.41) is 13.6. The Balaban J connectivity index is 1.46. The zero-order valence-corrected chi connectivity index (χ0v) is 19.9. The number of hydrogen-bond donors (Lipinski definition) is 1.